The van der Waals surface area contributed by atoms with Crippen molar-refractivity contribution in [3.05, 3.63) is 61.4 Å². The lowest BCUT2D eigenvalue weighted by Gasteiger charge is -2.01. The summed E-state index contributed by atoms with van der Waals surface area (Å²) in [5.41, 5.74) is 2.20. The second-order valence-electron chi connectivity index (χ2n) is 3.22. The Hall–Kier alpha value is -2.03. The third-order valence-corrected chi connectivity index (χ3v) is 2.20. The van der Waals surface area contributed by atoms with Crippen LogP contribution in [0.2, 0.25) is 0 Å². The number of allylic oxidation sites excluding steroid dienone is 1. The summed E-state index contributed by atoms with van der Waals surface area (Å²) in [7, 11) is 0. The van der Waals surface area contributed by atoms with Crippen LogP contribution < -0.4 is 0 Å². The molecule has 16 heavy (non-hydrogen) atoms. The molecule has 0 saturated carbocycles. The van der Waals surface area contributed by atoms with E-state index >= 15 is 0 Å². The molecule has 3 heteroatoms. The van der Waals surface area contributed by atoms with Gasteiger partial charge in [0, 0.05) is 23.5 Å². The van der Waals surface area contributed by atoms with E-state index in [1.165, 1.54) is 6.08 Å². The molecule has 1 radical (unpaired) electrons. The molecule has 0 aliphatic carbocycles. The minimum atomic E-state index is -0.328. The van der Waals surface area contributed by atoms with Gasteiger partial charge >= 0.3 is 0 Å². The Morgan fingerprint density at radius 2 is 1.94 bits per heavy atom. The van der Waals surface area contributed by atoms with Gasteiger partial charge in [0.05, 0.1) is 11.9 Å². The summed E-state index contributed by atoms with van der Waals surface area (Å²) in [5, 5.41) is 0. The normalized spacial score (nSPS) is 11.5. The highest BCUT2D eigenvalue weighted by molar-refractivity contribution is 5.65. The fourth-order valence-electron chi connectivity index (χ4n) is 1.37. The Morgan fingerprint density at radius 1 is 1.19 bits per heavy atom. The summed E-state index contributed by atoms with van der Waals surface area (Å²) >= 11 is 0. The summed E-state index contributed by atoms with van der Waals surface area (Å²) in [6.45, 7) is 3.38. The molecule has 0 atom stereocenters. The second-order valence-corrected chi connectivity index (χ2v) is 3.22. The van der Waals surface area contributed by atoms with Crippen molar-refractivity contribution in [2.45, 2.75) is 0 Å². The molecule has 0 N–H and O–H groups in total. The Balaban J connectivity index is 2.34. The zero-order chi connectivity index (χ0) is 11.4. The lowest BCUT2D eigenvalue weighted by molar-refractivity contribution is 0.760. The van der Waals surface area contributed by atoms with Gasteiger partial charge in [0.1, 0.15) is 5.83 Å². The number of halogens is 1. The topological polar surface area (TPSA) is 25.8 Å². The van der Waals surface area contributed by atoms with Crippen LogP contribution in [0.3, 0.4) is 0 Å². The number of benzene rings is 1. The first-order valence-electron chi connectivity index (χ1n) is 4.83. The van der Waals surface area contributed by atoms with E-state index in [0.717, 1.165) is 11.3 Å². The Bertz CT molecular complexity index is 489. The van der Waals surface area contributed by atoms with Crippen LogP contribution >= 0.6 is 0 Å². The summed E-state index contributed by atoms with van der Waals surface area (Å²) in [4.78, 5) is 8.14. The van der Waals surface area contributed by atoms with Crippen molar-refractivity contribution in [2.75, 3.05) is 0 Å². The standard InChI is InChI=1S/C13H10FN2/c1-2-12(14)10-3-5-11(6-4-10)13-9-15-7-8-16-13/h2-9H,1H2/b12-2+. The van der Waals surface area contributed by atoms with Crippen molar-refractivity contribution in [1.82, 2.24) is 9.97 Å². The van der Waals surface area contributed by atoms with E-state index in [0.29, 0.717) is 5.56 Å². The third kappa shape index (κ3) is 2.14. The van der Waals surface area contributed by atoms with Crippen molar-refractivity contribution >= 4 is 5.83 Å². The first kappa shape index (κ1) is 10.5. The molecule has 0 unspecified atom stereocenters. The monoisotopic (exact) mass is 213 g/mol. The molecule has 1 aromatic heterocycles. The Labute approximate surface area is 93.5 Å². The molecule has 0 amide bonds. The molecule has 0 aliphatic heterocycles. The van der Waals surface area contributed by atoms with Gasteiger partial charge in [-0.1, -0.05) is 24.3 Å². The smallest absolute Gasteiger partial charge is 0.126 e. The average molecular weight is 213 g/mol. The van der Waals surface area contributed by atoms with E-state index in [-0.39, 0.29) is 5.83 Å². The van der Waals surface area contributed by atoms with E-state index in [1.54, 1.807) is 30.7 Å². The van der Waals surface area contributed by atoms with Gasteiger partial charge in [-0.3, -0.25) is 9.97 Å². The molecule has 0 aliphatic rings. The van der Waals surface area contributed by atoms with Crippen LogP contribution in [0.4, 0.5) is 4.39 Å². The molecule has 0 fully saturated rings. The van der Waals surface area contributed by atoms with Crippen molar-refractivity contribution in [2.24, 2.45) is 0 Å². The zero-order valence-corrected chi connectivity index (χ0v) is 8.60. The van der Waals surface area contributed by atoms with Gasteiger partial charge in [0.25, 0.3) is 0 Å². The molecule has 0 saturated heterocycles. The van der Waals surface area contributed by atoms with Crippen LogP contribution in [0.15, 0.2) is 48.9 Å². The highest BCUT2D eigenvalue weighted by Crippen LogP contribution is 2.20. The highest BCUT2D eigenvalue weighted by atomic mass is 19.1. The molecular weight excluding hydrogens is 203 g/mol. The fraction of sp³-hybridized carbons (Fsp3) is 0. The first-order valence-corrected chi connectivity index (χ1v) is 4.83. The number of nitrogens with zero attached hydrogens (tertiary/aromatic N) is 2. The van der Waals surface area contributed by atoms with E-state index < -0.39 is 0 Å². The zero-order valence-electron chi connectivity index (χ0n) is 8.60. The fourth-order valence-corrected chi connectivity index (χ4v) is 1.37. The number of hydrogen-bond acceptors (Lipinski definition) is 2. The SMILES string of the molecule is [CH2]/C=C(/F)c1ccc(-c2cnccn2)cc1. The molecule has 2 rings (SSSR count). The van der Waals surface area contributed by atoms with Crippen LogP contribution in [-0.2, 0) is 0 Å². The first-order chi connectivity index (χ1) is 7.81. The third-order valence-electron chi connectivity index (χ3n) is 2.20. The van der Waals surface area contributed by atoms with Gasteiger partial charge in [-0.2, -0.15) is 0 Å². The predicted octanol–water partition coefficient (Wildman–Crippen LogP) is 3.29. The molecule has 1 aromatic carbocycles. The quantitative estimate of drug-likeness (QED) is 0.765. The molecule has 0 bridgehead atoms. The molecule has 1 heterocycles. The summed E-state index contributed by atoms with van der Waals surface area (Å²) in [6.07, 6.45) is 6.10. The van der Waals surface area contributed by atoms with E-state index in [1.807, 2.05) is 12.1 Å². The summed E-state index contributed by atoms with van der Waals surface area (Å²) in [6, 6.07) is 7.01. The predicted molar refractivity (Wildman–Crippen MR) is 61.9 cm³/mol. The maximum absolute atomic E-state index is 13.2. The van der Waals surface area contributed by atoms with Crippen LogP contribution in [0.1, 0.15) is 5.56 Å². The highest BCUT2D eigenvalue weighted by Gasteiger charge is 2.01. The van der Waals surface area contributed by atoms with Crippen LogP contribution in [-0.4, -0.2) is 9.97 Å². The van der Waals surface area contributed by atoms with Gasteiger partial charge < -0.3 is 0 Å². The van der Waals surface area contributed by atoms with Crippen LogP contribution in [0.25, 0.3) is 17.1 Å². The number of rotatable bonds is 2. The number of aromatic nitrogens is 2. The average Bonchev–Trinajstić information content (AvgIpc) is 2.39. The maximum Gasteiger partial charge on any atom is 0.126 e. The van der Waals surface area contributed by atoms with Gasteiger partial charge in [-0.15, -0.1) is 0 Å². The van der Waals surface area contributed by atoms with Gasteiger partial charge in [-0.05, 0) is 13.0 Å². The minimum Gasteiger partial charge on any atom is -0.261 e. The lowest BCUT2D eigenvalue weighted by Crippen LogP contribution is -1.85. The van der Waals surface area contributed by atoms with Crippen molar-refractivity contribution in [3.63, 3.8) is 0 Å². The van der Waals surface area contributed by atoms with E-state index in [4.69, 9.17) is 0 Å². The molecular formula is C13H10FN2. The van der Waals surface area contributed by atoms with Crippen LogP contribution in [0.5, 0.6) is 0 Å². The Morgan fingerprint density at radius 3 is 2.50 bits per heavy atom. The van der Waals surface area contributed by atoms with Crippen molar-refractivity contribution in [1.29, 1.82) is 0 Å². The van der Waals surface area contributed by atoms with Crippen molar-refractivity contribution < 1.29 is 4.39 Å². The van der Waals surface area contributed by atoms with E-state index in [9.17, 15) is 4.39 Å². The minimum absolute atomic E-state index is 0.328. The molecule has 0 spiro atoms. The number of hydrogen-bond donors (Lipinski definition) is 0. The largest absolute Gasteiger partial charge is 0.261 e. The molecule has 2 aromatic rings. The molecule has 79 valence electrons. The van der Waals surface area contributed by atoms with Crippen LogP contribution in [0, 0.1) is 6.92 Å². The van der Waals surface area contributed by atoms with Gasteiger partial charge in [0.15, 0.2) is 0 Å². The van der Waals surface area contributed by atoms with Gasteiger partial charge in [-0.25, -0.2) is 4.39 Å². The molecule has 2 nitrogen and oxygen atoms in total. The Kier molecular flexibility index (Phi) is 3.05. The maximum atomic E-state index is 13.2. The lowest BCUT2D eigenvalue weighted by atomic mass is 10.1. The second kappa shape index (κ2) is 4.66. The van der Waals surface area contributed by atoms with Crippen molar-refractivity contribution in [3.8, 4) is 11.3 Å². The van der Waals surface area contributed by atoms with E-state index in [2.05, 4.69) is 16.9 Å². The summed E-state index contributed by atoms with van der Waals surface area (Å²) in [5.74, 6) is -0.328. The summed E-state index contributed by atoms with van der Waals surface area (Å²) < 4.78 is 13.2. The van der Waals surface area contributed by atoms with Gasteiger partial charge in [0.2, 0.25) is 0 Å².